The van der Waals surface area contributed by atoms with Crippen LogP contribution in [0.25, 0.3) is 0 Å². The van der Waals surface area contributed by atoms with Gasteiger partial charge < -0.3 is 83.5 Å². The summed E-state index contributed by atoms with van der Waals surface area (Å²) in [6, 6.07) is 71.3. The van der Waals surface area contributed by atoms with Gasteiger partial charge in [-0.05, 0) is 24.3 Å². The molecule has 12 aromatic carbocycles. The Morgan fingerprint density at radius 3 is 0.708 bits per heavy atom. The van der Waals surface area contributed by atoms with Crippen LogP contribution in [0.4, 0.5) is 0 Å². The molecule has 0 aliphatic carbocycles. The van der Waals surface area contributed by atoms with Crippen LogP contribution in [0, 0.1) is 0 Å². The highest BCUT2D eigenvalue weighted by atomic mass is 16.8. The molecule has 4 atom stereocenters. The second-order valence-electron chi connectivity index (χ2n) is 25.9. The van der Waals surface area contributed by atoms with Crippen molar-refractivity contribution in [2.24, 2.45) is 0 Å². The van der Waals surface area contributed by atoms with E-state index in [0.29, 0.717) is 33.4 Å². The molecule has 12 aromatic rings. The SMILES string of the molecule is O=C(O)c1cc(O)c2c(c1[C@@H]1[C@H](c3c(C(=O)O)cc(O)c4c3OC(c3ccccc3)(c3ccccc3)O4)[C@@H](c3c(C(=O)O)cc(O)c4c3OC(c3ccccc3)(c3ccccc3)O4)OC[C@H]1c1c(C(=O)O)cc(O)c3c1OC(c1ccccc1)(c1ccccc1)O3)OC(c1ccccc1)(c1ccccc1)O2. The standard InChI is InChI=1S/C85H58O21/c86-59-41-54(78(90)91)63(74-69(59)99-82(103-74,46-25-9-1-10-26-46)47-27-11-2-12-28-47)58-45-98-73(67-57(81(96)97)44-62(89)72-77(67)106-85(102-72,52-37-21-7-22-38-52)53-39-23-8-24-40-53)68(66-56(80(94)95)43-61(88)71-76(66)105-84(101-71,50-33-17-5-18-34-50)51-35-19-6-20-36-51)64(58)65-55(79(92)93)42-60(87)70-75(65)104-83(100-70,48-29-13-3-14-30-48)49-31-15-4-16-32-49/h1-44,58,64,68,73,86-89H,45H2,(H,90,91)(H,92,93)(H,94,95)(H,96,97)/t58-,64+,68+,73+/m0/s1. The largest absolute Gasteiger partial charge is 0.504 e. The van der Waals surface area contributed by atoms with E-state index in [1.165, 1.54) is 0 Å². The number of carboxylic acid groups (broad SMARTS) is 4. The van der Waals surface area contributed by atoms with Crippen LogP contribution in [0.3, 0.4) is 0 Å². The van der Waals surface area contributed by atoms with E-state index in [2.05, 4.69) is 0 Å². The third-order valence-electron chi connectivity index (χ3n) is 20.1. The molecule has 106 heavy (non-hydrogen) atoms. The number of aromatic carboxylic acids is 4. The maximum absolute atomic E-state index is 15.1. The van der Waals surface area contributed by atoms with Crippen LogP contribution in [0.15, 0.2) is 267 Å². The van der Waals surface area contributed by atoms with Gasteiger partial charge in [-0.2, -0.15) is 0 Å². The summed E-state index contributed by atoms with van der Waals surface area (Å²) in [5, 5.41) is 98.7. The van der Waals surface area contributed by atoms with Gasteiger partial charge in [0.1, 0.15) is 0 Å². The van der Waals surface area contributed by atoms with Gasteiger partial charge in [-0.25, -0.2) is 19.2 Å². The molecule has 0 spiro atoms. The van der Waals surface area contributed by atoms with Crippen LogP contribution in [-0.2, 0) is 27.9 Å². The zero-order valence-electron chi connectivity index (χ0n) is 55.3. The monoisotopic (exact) mass is 1410 g/mol. The van der Waals surface area contributed by atoms with Gasteiger partial charge in [-0.15, -0.1) is 0 Å². The van der Waals surface area contributed by atoms with Crippen molar-refractivity contribution in [2.75, 3.05) is 6.61 Å². The Kier molecular flexibility index (Phi) is 15.4. The Morgan fingerprint density at radius 1 is 0.264 bits per heavy atom. The molecule has 0 saturated carbocycles. The van der Waals surface area contributed by atoms with Crippen LogP contribution in [-0.4, -0.2) is 71.3 Å². The lowest BCUT2D eigenvalue weighted by Crippen LogP contribution is -2.39. The van der Waals surface area contributed by atoms with Crippen LogP contribution in [0.1, 0.15) is 132 Å². The summed E-state index contributed by atoms with van der Waals surface area (Å²) in [4.78, 5) is 59.8. The molecule has 1 fully saturated rings. The molecule has 0 radical (unpaired) electrons. The van der Waals surface area contributed by atoms with Crippen molar-refractivity contribution in [1.29, 1.82) is 0 Å². The maximum atomic E-state index is 15.1. The predicted octanol–water partition coefficient (Wildman–Crippen LogP) is 15.4. The van der Waals surface area contributed by atoms with Crippen LogP contribution in [0.2, 0.25) is 0 Å². The van der Waals surface area contributed by atoms with Crippen molar-refractivity contribution in [1.82, 2.24) is 0 Å². The fourth-order valence-corrected chi connectivity index (χ4v) is 15.6. The topological polar surface area (TPSA) is 313 Å². The first-order valence-electron chi connectivity index (χ1n) is 33.6. The van der Waals surface area contributed by atoms with Crippen molar-refractivity contribution in [2.45, 2.75) is 47.0 Å². The maximum Gasteiger partial charge on any atom is 0.336 e. The Balaban J connectivity index is 1.04. The number of phenolic OH excluding ortho intramolecular Hbond substituents is 4. The van der Waals surface area contributed by atoms with Gasteiger partial charge in [0.2, 0.25) is 23.0 Å². The number of hydrogen-bond donors (Lipinski definition) is 8. The highest BCUT2D eigenvalue weighted by Gasteiger charge is 2.61. The van der Waals surface area contributed by atoms with Crippen LogP contribution >= 0.6 is 0 Å². The zero-order valence-corrected chi connectivity index (χ0v) is 55.3. The average molecular weight is 1420 g/mol. The summed E-state index contributed by atoms with van der Waals surface area (Å²) < 4.78 is 64.8. The van der Waals surface area contributed by atoms with Crippen molar-refractivity contribution in [3.8, 4) is 69.0 Å². The Labute approximate surface area is 602 Å². The van der Waals surface area contributed by atoms with Crippen LogP contribution in [0.5, 0.6) is 69.0 Å². The van der Waals surface area contributed by atoms with Crippen molar-refractivity contribution in [3.63, 3.8) is 0 Å². The molecular formula is C85H58O21. The van der Waals surface area contributed by atoms with Gasteiger partial charge in [0.25, 0.3) is 0 Å². The second-order valence-corrected chi connectivity index (χ2v) is 25.9. The van der Waals surface area contributed by atoms with Gasteiger partial charge in [0.05, 0.1) is 35.0 Å². The van der Waals surface area contributed by atoms with E-state index in [0.717, 1.165) is 24.3 Å². The molecule has 0 bridgehead atoms. The molecule has 5 aliphatic rings. The number of benzene rings is 12. The van der Waals surface area contributed by atoms with E-state index in [1.807, 2.05) is 0 Å². The molecule has 5 heterocycles. The van der Waals surface area contributed by atoms with Gasteiger partial charge in [0.15, 0.2) is 46.0 Å². The van der Waals surface area contributed by atoms with E-state index in [4.69, 9.17) is 42.6 Å². The van der Waals surface area contributed by atoms with Crippen LogP contribution < -0.4 is 37.9 Å². The summed E-state index contributed by atoms with van der Waals surface area (Å²) in [5.41, 5.74) is -2.44. The van der Waals surface area contributed by atoms with E-state index in [-0.39, 0.29) is 16.7 Å². The fraction of sp³-hybridized carbons (Fsp3) is 0.106. The highest BCUT2D eigenvalue weighted by molar-refractivity contribution is 5.97. The molecule has 1 saturated heterocycles. The quantitative estimate of drug-likeness (QED) is 0.0446. The third kappa shape index (κ3) is 10.0. The minimum absolute atomic E-state index is 0.287. The van der Waals surface area contributed by atoms with E-state index in [9.17, 15) is 50.4 Å². The first-order chi connectivity index (χ1) is 51.4. The summed E-state index contributed by atoms with van der Waals surface area (Å²) in [5.74, 6) is -28.5. The van der Waals surface area contributed by atoms with E-state index >= 15 is 9.59 Å². The van der Waals surface area contributed by atoms with E-state index in [1.54, 1.807) is 243 Å². The molecule has 5 aliphatic heterocycles. The smallest absolute Gasteiger partial charge is 0.336 e. The minimum atomic E-state index is -2.16. The molecule has 21 heteroatoms. The summed E-state index contributed by atoms with van der Waals surface area (Å²) in [6.07, 6.45) is -2.13. The normalized spacial score (nSPS) is 18.3. The number of ether oxygens (including phenoxy) is 9. The molecule has 0 aromatic heterocycles. The lowest BCUT2D eigenvalue weighted by Gasteiger charge is -2.46. The Hall–Kier alpha value is -13.9. The summed E-state index contributed by atoms with van der Waals surface area (Å²) in [6.45, 7) is -0.871. The van der Waals surface area contributed by atoms with Crippen molar-refractivity contribution in [3.05, 3.63) is 356 Å². The lowest BCUT2D eigenvalue weighted by molar-refractivity contribution is -0.0575. The summed E-state index contributed by atoms with van der Waals surface area (Å²) >= 11 is 0. The third-order valence-corrected chi connectivity index (χ3v) is 20.1. The van der Waals surface area contributed by atoms with E-state index < -0.39 is 185 Å². The first kappa shape index (κ1) is 65.4. The number of carboxylic acids is 4. The molecule has 8 N–H and O–H groups in total. The number of aromatic hydroxyl groups is 4. The molecule has 524 valence electrons. The molecule has 21 nitrogen and oxygen atoms in total. The predicted molar refractivity (Wildman–Crippen MR) is 377 cm³/mol. The second kappa shape index (κ2) is 25.0. The Morgan fingerprint density at radius 2 is 0.462 bits per heavy atom. The van der Waals surface area contributed by atoms with Crippen molar-refractivity contribution >= 4 is 23.9 Å². The van der Waals surface area contributed by atoms with Crippen molar-refractivity contribution < 1.29 is 103 Å². The zero-order chi connectivity index (χ0) is 73.0. The average Bonchev–Trinajstić information content (AvgIpc) is 1.42. The van der Waals surface area contributed by atoms with Gasteiger partial charge in [-0.3, -0.25) is 0 Å². The number of fused-ring (bicyclic) bond motifs is 4. The summed E-state index contributed by atoms with van der Waals surface area (Å²) in [7, 11) is 0. The highest BCUT2D eigenvalue weighted by Crippen LogP contribution is 2.70. The number of hydrogen-bond acceptors (Lipinski definition) is 17. The number of carbonyl (C=O) groups is 4. The first-order valence-corrected chi connectivity index (χ1v) is 33.6. The molecule has 0 amide bonds. The number of rotatable bonds is 16. The fourth-order valence-electron chi connectivity index (χ4n) is 15.6. The van der Waals surface area contributed by atoms with Gasteiger partial charge >= 0.3 is 47.0 Å². The molecule has 17 rings (SSSR count). The molecular weight excluding hydrogens is 1360 g/mol. The van der Waals surface area contributed by atoms with Gasteiger partial charge in [-0.1, -0.05) is 243 Å². The minimum Gasteiger partial charge on any atom is -0.504 e. The lowest BCUT2D eigenvalue weighted by atomic mass is 9.63. The molecule has 0 unspecified atom stereocenters. The Bertz CT molecular complexity index is 5010. The number of phenols is 4. The van der Waals surface area contributed by atoms with Gasteiger partial charge in [0, 0.05) is 84.5 Å².